The normalized spacial score (nSPS) is 12.1. The molecule has 2 rings (SSSR count). The molecule has 2 aromatic rings. The van der Waals surface area contributed by atoms with Crippen LogP contribution in [0.15, 0.2) is 46.9 Å². The van der Waals surface area contributed by atoms with Crippen LogP contribution in [-0.2, 0) is 16.0 Å². The number of carbonyl (C=O) groups excluding carboxylic acids is 2. The van der Waals surface area contributed by atoms with E-state index in [1.165, 1.54) is 25.1 Å². The average molecular weight is 343 g/mol. The van der Waals surface area contributed by atoms with Crippen molar-refractivity contribution in [1.29, 1.82) is 0 Å². The van der Waals surface area contributed by atoms with Crippen LogP contribution < -0.4 is 0 Å². The van der Waals surface area contributed by atoms with Crippen molar-refractivity contribution in [2.24, 2.45) is 0 Å². The molecule has 1 aromatic carbocycles. The molecule has 25 heavy (non-hydrogen) atoms. The van der Waals surface area contributed by atoms with Gasteiger partial charge in [-0.05, 0) is 31.1 Å². The summed E-state index contributed by atoms with van der Waals surface area (Å²) >= 11 is 0. The molecule has 1 aromatic heterocycles. The molecule has 0 unspecified atom stereocenters. The number of carbonyl (C=O) groups is 2. The van der Waals surface area contributed by atoms with Crippen LogP contribution in [0.5, 0.6) is 0 Å². The minimum atomic E-state index is -0.949. The van der Waals surface area contributed by atoms with Gasteiger partial charge in [-0.1, -0.05) is 31.2 Å². The van der Waals surface area contributed by atoms with E-state index in [-0.39, 0.29) is 11.5 Å². The highest BCUT2D eigenvalue weighted by Crippen LogP contribution is 2.17. The van der Waals surface area contributed by atoms with E-state index < -0.39 is 22.9 Å². The maximum absolute atomic E-state index is 12.2. The van der Waals surface area contributed by atoms with Crippen molar-refractivity contribution in [3.63, 3.8) is 0 Å². The molecule has 0 radical (unpaired) electrons. The highest BCUT2D eigenvalue weighted by molar-refractivity contribution is 6.01. The van der Waals surface area contributed by atoms with Crippen LogP contribution in [-0.4, -0.2) is 22.8 Å². The minimum absolute atomic E-state index is 0.137. The Morgan fingerprint density at radius 3 is 2.48 bits per heavy atom. The van der Waals surface area contributed by atoms with E-state index in [1.807, 2.05) is 19.1 Å². The van der Waals surface area contributed by atoms with Crippen LogP contribution in [0, 0.1) is 10.1 Å². The molecule has 0 saturated carbocycles. The summed E-state index contributed by atoms with van der Waals surface area (Å²) in [7, 11) is 0. The molecule has 0 amide bonds. The molecule has 0 fully saturated rings. The lowest BCUT2D eigenvalue weighted by molar-refractivity contribution is -0.402. The standard InChI is InChI=1S/C18H17NO6/c1-3-13-4-6-14(7-5-13)18(21)12(2)24-17(20)11-9-15-8-10-16(25-15)19(22)23/h4-12H,3H2,1-2H3/b11-9+/t12-/m1/s1. The van der Waals surface area contributed by atoms with E-state index in [2.05, 4.69) is 0 Å². The van der Waals surface area contributed by atoms with Crippen LogP contribution in [0.1, 0.15) is 35.5 Å². The number of furan rings is 1. The number of nitrogens with zero attached hydrogens (tertiary/aromatic N) is 1. The highest BCUT2D eigenvalue weighted by atomic mass is 16.6. The summed E-state index contributed by atoms with van der Waals surface area (Å²) in [4.78, 5) is 33.8. The molecule has 7 heteroatoms. The molecule has 0 N–H and O–H groups in total. The third kappa shape index (κ3) is 4.87. The predicted molar refractivity (Wildman–Crippen MR) is 90.1 cm³/mol. The van der Waals surface area contributed by atoms with Gasteiger partial charge in [0.25, 0.3) is 0 Å². The quantitative estimate of drug-likeness (QED) is 0.250. The van der Waals surface area contributed by atoms with Gasteiger partial charge in [0.05, 0.1) is 6.07 Å². The SMILES string of the molecule is CCc1ccc(C(=O)[C@@H](C)OC(=O)/C=C/c2ccc([N+](=O)[O-])o2)cc1. The number of esters is 1. The van der Waals surface area contributed by atoms with Gasteiger partial charge < -0.3 is 9.15 Å². The third-order valence-electron chi connectivity index (χ3n) is 3.49. The Morgan fingerprint density at radius 2 is 1.92 bits per heavy atom. The summed E-state index contributed by atoms with van der Waals surface area (Å²) in [6, 6.07) is 9.63. The van der Waals surface area contributed by atoms with Gasteiger partial charge in [-0.15, -0.1) is 0 Å². The minimum Gasteiger partial charge on any atom is -0.451 e. The van der Waals surface area contributed by atoms with Gasteiger partial charge in [-0.2, -0.15) is 0 Å². The van der Waals surface area contributed by atoms with E-state index in [4.69, 9.17) is 9.15 Å². The zero-order chi connectivity index (χ0) is 18.4. The van der Waals surface area contributed by atoms with Crippen LogP contribution in [0.4, 0.5) is 5.88 Å². The van der Waals surface area contributed by atoms with Crippen molar-refractivity contribution in [2.75, 3.05) is 0 Å². The van der Waals surface area contributed by atoms with Crippen molar-refractivity contribution in [3.05, 3.63) is 69.5 Å². The Labute approximate surface area is 144 Å². The van der Waals surface area contributed by atoms with E-state index in [0.717, 1.165) is 18.1 Å². The number of ether oxygens (including phenoxy) is 1. The number of Topliss-reactive ketones (excluding diaryl/α,β-unsaturated/α-hetero) is 1. The molecule has 0 aliphatic carbocycles. The highest BCUT2D eigenvalue weighted by Gasteiger charge is 2.18. The van der Waals surface area contributed by atoms with Crippen molar-refractivity contribution < 1.29 is 23.7 Å². The van der Waals surface area contributed by atoms with Crippen LogP contribution in [0.2, 0.25) is 0 Å². The first-order chi connectivity index (χ1) is 11.9. The first kappa shape index (κ1) is 18.1. The monoisotopic (exact) mass is 343 g/mol. The summed E-state index contributed by atoms with van der Waals surface area (Å²) in [5.74, 6) is -1.34. The van der Waals surface area contributed by atoms with Crippen molar-refractivity contribution in [1.82, 2.24) is 0 Å². The first-order valence-corrected chi connectivity index (χ1v) is 7.66. The zero-order valence-electron chi connectivity index (χ0n) is 13.8. The van der Waals surface area contributed by atoms with Crippen molar-refractivity contribution >= 4 is 23.7 Å². The first-order valence-electron chi connectivity index (χ1n) is 7.66. The Kier molecular flexibility index (Phi) is 5.84. The number of aryl methyl sites for hydroxylation is 1. The number of ketones is 1. The second-order valence-electron chi connectivity index (χ2n) is 5.26. The molecule has 0 aliphatic rings. The number of nitro groups is 1. The molecular weight excluding hydrogens is 326 g/mol. The Morgan fingerprint density at radius 1 is 1.24 bits per heavy atom. The van der Waals surface area contributed by atoms with Gasteiger partial charge in [-0.3, -0.25) is 14.9 Å². The lowest BCUT2D eigenvalue weighted by Crippen LogP contribution is -2.23. The molecule has 0 spiro atoms. The molecule has 0 bridgehead atoms. The second kappa shape index (κ2) is 8.05. The molecule has 1 atom stereocenters. The lowest BCUT2D eigenvalue weighted by atomic mass is 10.0. The molecule has 0 aliphatic heterocycles. The number of benzene rings is 1. The predicted octanol–water partition coefficient (Wildman–Crippen LogP) is 3.58. The molecular formula is C18H17NO6. The molecule has 7 nitrogen and oxygen atoms in total. The zero-order valence-corrected chi connectivity index (χ0v) is 13.8. The fraction of sp³-hybridized carbons (Fsp3) is 0.222. The van der Waals surface area contributed by atoms with Gasteiger partial charge >= 0.3 is 11.9 Å². The van der Waals surface area contributed by atoms with Crippen LogP contribution in [0.25, 0.3) is 6.08 Å². The molecule has 1 heterocycles. The fourth-order valence-electron chi connectivity index (χ4n) is 2.09. The van der Waals surface area contributed by atoms with Gasteiger partial charge in [0.2, 0.25) is 5.78 Å². The van der Waals surface area contributed by atoms with E-state index in [0.29, 0.717) is 5.56 Å². The Hall–Kier alpha value is -3.22. The Bertz CT molecular complexity index is 803. The van der Waals surface area contributed by atoms with E-state index >= 15 is 0 Å². The topological polar surface area (TPSA) is 99.7 Å². The summed E-state index contributed by atoms with van der Waals surface area (Å²) in [6.45, 7) is 3.50. The summed E-state index contributed by atoms with van der Waals surface area (Å²) in [5, 5.41) is 10.5. The summed E-state index contributed by atoms with van der Waals surface area (Å²) < 4.78 is 9.93. The van der Waals surface area contributed by atoms with Gasteiger partial charge in [0, 0.05) is 11.6 Å². The van der Waals surface area contributed by atoms with Gasteiger partial charge in [0.15, 0.2) is 6.10 Å². The van der Waals surface area contributed by atoms with E-state index in [1.54, 1.807) is 12.1 Å². The van der Waals surface area contributed by atoms with Crippen molar-refractivity contribution in [2.45, 2.75) is 26.4 Å². The third-order valence-corrected chi connectivity index (χ3v) is 3.49. The average Bonchev–Trinajstić information content (AvgIpc) is 3.08. The van der Waals surface area contributed by atoms with E-state index in [9.17, 15) is 19.7 Å². The summed E-state index contributed by atoms with van der Waals surface area (Å²) in [6.07, 6.45) is 2.21. The Balaban J connectivity index is 1.94. The summed E-state index contributed by atoms with van der Waals surface area (Å²) in [5.41, 5.74) is 1.57. The van der Waals surface area contributed by atoms with Crippen LogP contribution >= 0.6 is 0 Å². The van der Waals surface area contributed by atoms with Gasteiger partial charge in [0.1, 0.15) is 10.7 Å². The fourth-order valence-corrected chi connectivity index (χ4v) is 2.09. The van der Waals surface area contributed by atoms with Crippen LogP contribution in [0.3, 0.4) is 0 Å². The smallest absolute Gasteiger partial charge is 0.433 e. The largest absolute Gasteiger partial charge is 0.451 e. The maximum Gasteiger partial charge on any atom is 0.433 e. The lowest BCUT2D eigenvalue weighted by Gasteiger charge is -2.11. The van der Waals surface area contributed by atoms with Gasteiger partial charge in [-0.25, -0.2) is 4.79 Å². The van der Waals surface area contributed by atoms with Crippen molar-refractivity contribution in [3.8, 4) is 0 Å². The number of rotatable bonds is 7. The molecule has 0 saturated heterocycles. The second-order valence-corrected chi connectivity index (χ2v) is 5.26. The number of hydrogen-bond acceptors (Lipinski definition) is 6. The maximum atomic E-state index is 12.2. The number of hydrogen-bond donors (Lipinski definition) is 0. The molecule has 130 valence electrons.